The second-order valence-corrected chi connectivity index (χ2v) is 2.66. The quantitative estimate of drug-likeness (QED) is 0.625. The van der Waals surface area contributed by atoms with Crippen molar-refractivity contribution in [2.75, 3.05) is 0 Å². The van der Waals surface area contributed by atoms with Crippen LogP contribution in [0.4, 0.5) is 0 Å². The lowest BCUT2D eigenvalue weighted by Crippen LogP contribution is -1.93. The fourth-order valence-corrected chi connectivity index (χ4v) is 1.07. The molecule has 0 amide bonds. The molecule has 0 unspecified atom stereocenters. The predicted molar refractivity (Wildman–Crippen MR) is 48.3 cm³/mol. The topological polar surface area (TPSA) is 17.8 Å². The zero-order valence-corrected chi connectivity index (χ0v) is 6.86. The molecule has 0 N–H and O–H groups in total. The molecule has 12 heavy (non-hydrogen) atoms. The van der Waals surface area contributed by atoms with Gasteiger partial charge in [0, 0.05) is 6.17 Å². The van der Waals surface area contributed by atoms with Crippen molar-refractivity contribution in [3.05, 3.63) is 48.3 Å². The smallest absolute Gasteiger partial charge is 0.0841 e. The van der Waals surface area contributed by atoms with Crippen LogP contribution < -0.4 is 0 Å². The first-order valence-electron chi connectivity index (χ1n) is 4.36. The van der Waals surface area contributed by atoms with E-state index in [9.17, 15) is 0 Å². The molecular weight excluding hydrogens is 148 g/mol. The molecule has 0 saturated carbocycles. The van der Waals surface area contributed by atoms with Gasteiger partial charge < -0.3 is 0 Å². The Balaban J connectivity index is 2.53. The summed E-state index contributed by atoms with van der Waals surface area (Å²) in [5.74, 6) is 0. The van der Waals surface area contributed by atoms with E-state index >= 15 is 0 Å². The van der Waals surface area contributed by atoms with Crippen LogP contribution in [0.1, 0.15) is 7.06 Å². The van der Waals surface area contributed by atoms with Crippen molar-refractivity contribution >= 4 is 0 Å². The lowest BCUT2D eigenvalue weighted by atomic mass is 10.3. The number of aryl methyl sites for hydroxylation is 1. The molecule has 0 atom stereocenters. The predicted octanol–water partition coefficient (Wildman–Crippen LogP) is 2.18. The van der Waals surface area contributed by atoms with Crippen molar-refractivity contribution in [2.45, 2.75) is 6.92 Å². The van der Waals surface area contributed by atoms with Crippen LogP contribution in [0, 0.1) is 6.92 Å². The summed E-state index contributed by atoms with van der Waals surface area (Å²) in [6.45, 7) is 1.89. The molecule has 0 aliphatic carbocycles. The highest BCUT2D eigenvalue weighted by Gasteiger charge is 1.94. The monoisotopic (exact) mass is 160 g/mol. The number of hydrogen-bond donors (Lipinski definition) is 0. The van der Waals surface area contributed by atoms with E-state index in [2.05, 4.69) is 5.10 Å². The number of hydrogen-bond acceptors (Lipinski definition) is 1. The minimum absolute atomic E-state index is 0.420. The minimum Gasteiger partial charge on any atom is -0.241 e. The Kier molecular flexibility index (Phi) is 1.41. The van der Waals surface area contributed by atoms with Gasteiger partial charge in [-0.05, 0) is 25.1 Å². The molecule has 0 spiro atoms. The zero-order valence-electron chi connectivity index (χ0n) is 7.86. The number of aromatic nitrogens is 2. The molecule has 0 aliphatic heterocycles. The van der Waals surface area contributed by atoms with Crippen LogP contribution >= 0.6 is 0 Å². The second-order valence-electron chi connectivity index (χ2n) is 2.66. The third-order valence-corrected chi connectivity index (χ3v) is 1.65. The lowest BCUT2D eigenvalue weighted by Gasteiger charge is -1.98. The summed E-state index contributed by atoms with van der Waals surface area (Å²) >= 11 is 0. The van der Waals surface area contributed by atoms with E-state index < -0.39 is 0 Å². The second kappa shape index (κ2) is 2.81. The highest BCUT2D eigenvalue weighted by atomic mass is 15.3. The Labute approximate surface area is 72.9 Å². The molecule has 2 aromatic rings. The van der Waals surface area contributed by atoms with E-state index in [1.54, 1.807) is 10.7 Å². The third kappa shape index (κ3) is 1.23. The molecule has 0 aliphatic rings. The highest BCUT2D eigenvalue weighted by Crippen LogP contribution is 2.05. The first-order valence-corrected chi connectivity index (χ1v) is 3.86. The zero-order chi connectivity index (χ0) is 9.26. The van der Waals surface area contributed by atoms with E-state index in [0.717, 1.165) is 11.4 Å². The Morgan fingerprint density at radius 2 is 2.00 bits per heavy atom. The number of benzene rings is 1. The molecule has 0 saturated heterocycles. The Bertz CT molecular complexity index is 406. The summed E-state index contributed by atoms with van der Waals surface area (Å²) in [7, 11) is 0. The molecule has 0 fully saturated rings. The summed E-state index contributed by atoms with van der Waals surface area (Å²) < 4.78 is 9.25. The first-order chi connectivity index (χ1) is 6.27. The van der Waals surface area contributed by atoms with Crippen molar-refractivity contribution in [1.29, 1.82) is 0 Å². The summed E-state index contributed by atoms with van der Waals surface area (Å²) in [4.78, 5) is 0. The maximum Gasteiger partial charge on any atom is 0.0841 e. The van der Waals surface area contributed by atoms with Gasteiger partial charge in [0.2, 0.25) is 0 Å². The molecule has 0 radical (unpaired) electrons. The van der Waals surface area contributed by atoms with E-state index in [1.165, 1.54) is 0 Å². The van der Waals surface area contributed by atoms with Gasteiger partial charge in [-0.1, -0.05) is 18.2 Å². The van der Waals surface area contributed by atoms with Gasteiger partial charge in [-0.25, -0.2) is 4.68 Å². The van der Waals surface area contributed by atoms with Gasteiger partial charge in [0.1, 0.15) is 0 Å². The maximum absolute atomic E-state index is 7.63. The standard InChI is InChI=1S/C10H10N2/c1-9-7-8-12(11-9)10-5-3-2-4-6-10/h2-8H,1H3/i8T. The largest absolute Gasteiger partial charge is 0.241 e. The summed E-state index contributed by atoms with van der Waals surface area (Å²) in [5, 5.41) is 4.21. The van der Waals surface area contributed by atoms with Gasteiger partial charge >= 0.3 is 0 Å². The molecule has 2 heteroatoms. The van der Waals surface area contributed by atoms with Crippen molar-refractivity contribution in [3.8, 4) is 5.69 Å². The van der Waals surface area contributed by atoms with Crippen LogP contribution in [0.3, 0.4) is 0 Å². The number of para-hydroxylation sites is 1. The van der Waals surface area contributed by atoms with E-state index in [4.69, 9.17) is 1.37 Å². The minimum atomic E-state index is 0.420. The molecule has 1 heterocycles. The summed E-state index contributed by atoms with van der Waals surface area (Å²) in [5.41, 5.74) is 1.80. The SMILES string of the molecule is [3H]c1cc(C)nn1-c1ccccc1. The molecule has 60 valence electrons. The van der Waals surface area contributed by atoms with Crippen LogP contribution in [0.15, 0.2) is 42.6 Å². The molecule has 1 aromatic carbocycles. The van der Waals surface area contributed by atoms with Crippen molar-refractivity contribution < 1.29 is 1.37 Å². The van der Waals surface area contributed by atoms with Gasteiger partial charge in [0.05, 0.1) is 12.8 Å². The summed E-state index contributed by atoms with van der Waals surface area (Å²) in [6.07, 6.45) is 0.420. The van der Waals surface area contributed by atoms with E-state index in [0.29, 0.717) is 6.17 Å². The molecule has 0 bridgehead atoms. The third-order valence-electron chi connectivity index (χ3n) is 1.65. The Hall–Kier alpha value is -1.57. The van der Waals surface area contributed by atoms with Gasteiger partial charge in [0.25, 0.3) is 0 Å². The molecule has 2 nitrogen and oxygen atoms in total. The fraction of sp³-hybridized carbons (Fsp3) is 0.100. The van der Waals surface area contributed by atoms with Crippen molar-refractivity contribution in [1.82, 2.24) is 9.78 Å². The highest BCUT2D eigenvalue weighted by molar-refractivity contribution is 5.30. The number of nitrogens with zero attached hydrogens (tertiary/aromatic N) is 2. The number of rotatable bonds is 1. The fourth-order valence-electron chi connectivity index (χ4n) is 1.07. The van der Waals surface area contributed by atoms with E-state index in [1.807, 2.05) is 37.3 Å². The normalized spacial score (nSPS) is 11.2. The van der Waals surface area contributed by atoms with Crippen LogP contribution in [-0.2, 0) is 0 Å². The van der Waals surface area contributed by atoms with Crippen LogP contribution in [0.2, 0.25) is 0 Å². The van der Waals surface area contributed by atoms with Gasteiger partial charge in [-0.15, -0.1) is 0 Å². The first kappa shape index (κ1) is 6.00. The Morgan fingerprint density at radius 1 is 1.25 bits per heavy atom. The van der Waals surface area contributed by atoms with Gasteiger partial charge in [-0.2, -0.15) is 5.10 Å². The lowest BCUT2D eigenvalue weighted by molar-refractivity contribution is 0.863. The maximum atomic E-state index is 7.63. The van der Waals surface area contributed by atoms with Crippen molar-refractivity contribution in [2.24, 2.45) is 0 Å². The van der Waals surface area contributed by atoms with Crippen LogP contribution in [0.5, 0.6) is 0 Å². The van der Waals surface area contributed by atoms with Crippen LogP contribution in [-0.4, -0.2) is 9.78 Å². The molecule has 2 rings (SSSR count). The summed E-state index contributed by atoms with van der Waals surface area (Å²) in [6, 6.07) is 11.4. The van der Waals surface area contributed by atoms with Gasteiger partial charge in [0.15, 0.2) is 0 Å². The van der Waals surface area contributed by atoms with Crippen LogP contribution in [0.25, 0.3) is 5.69 Å². The average Bonchev–Trinajstić information content (AvgIpc) is 2.47. The molecular formula is C10H10N2. The molecule has 1 aromatic heterocycles. The van der Waals surface area contributed by atoms with E-state index in [-0.39, 0.29) is 0 Å². The van der Waals surface area contributed by atoms with Crippen molar-refractivity contribution in [3.63, 3.8) is 0 Å². The average molecular weight is 160 g/mol. The Morgan fingerprint density at radius 3 is 2.58 bits per heavy atom. The van der Waals surface area contributed by atoms with Gasteiger partial charge in [-0.3, -0.25) is 0 Å².